The lowest BCUT2D eigenvalue weighted by molar-refractivity contribution is -0.121. The maximum atomic E-state index is 12.2. The van der Waals surface area contributed by atoms with Crippen LogP contribution < -0.4 is 10.6 Å². The molecule has 0 saturated carbocycles. The SMILES string of the molecule is O=C(CCc1ccccc1)NC1CNCc2cc(Cl)ccc21. The van der Waals surface area contributed by atoms with Gasteiger partial charge in [0.15, 0.2) is 0 Å². The zero-order valence-electron chi connectivity index (χ0n) is 12.3. The largest absolute Gasteiger partial charge is 0.348 e. The molecule has 2 N–H and O–H groups in total. The highest BCUT2D eigenvalue weighted by atomic mass is 35.5. The number of hydrogen-bond donors (Lipinski definition) is 2. The Hall–Kier alpha value is -1.84. The molecule has 0 aliphatic carbocycles. The van der Waals surface area contributed by atoms with Crippen molar-refractivity contribution in [3.63, 3.8) is 0 Å². The van der Waals surface area contributed by atoms with E-state index in [1.165, 1.54) is 5.56 Å². The fourth-order valence-electron chi connectivity index (χ4n) is 2.83. The van der Waals surface area contributed by atoms with Gasteiger partial charge in [0.25, 0.3) is 0 Å². The van der Waals surface area contributed by atoms with Crippen LogP contribution in [0.15, 0.2) is 48.5 Å². The lowest BCUT2D eigenvalue weighted by atomic mass is 9.96. The predicted molar refractivity (Wildman–Crippen MR) is 88.8 cm³/mol. The van der Waals surface area contributed by atoms with Crippen LogP contribution in [-0.4, -0.2) is 12.5 Å². The van der Waals surface area contributed by atoms with Crippen LogP contribution in [0.5, 0.6) is 0 Å². The van der Waals surface area contributed by atoms with Crippen LogP contribution in [0.2, 0.25) is 5.02 Å². The summed E-state index contributed by atoms with van der Waals surface area (Å²) in [6.45, 7) is 1.55. The van der Waals surface area contributed by atoms with E-state index in [0.717, 1.165) is 35.7 Å². The van der Waals surface area contributed by atoms with Crippen molar-refractivity contribution in [2.45, 2.75) is 25.4 Å². The third-order valence-corrected chi connectivity index (χ3v) is 4.20. The fraction of sp³-hybridized carbons (Fsp3) is 0.278. The third-order valence-electron chi connectivity index (χ3n) is 3.96. The number of benzene rings is 2. The zero-order valence-corrected chi connectivity index (χ0v) is 13.1. The molecule has 0 bridgehead atoms. The summed E-state index contributed by atoms with van der Waals surface area (Å²) in [6, 6.07) is 16.0. The van der Waals surface area contributed by atoms with Crippen molar-refractivity contribution in [1.82, 2.24) is 10.6 Å². The summed E-state index contributed by atoms with van der Waals surface area (Å²) in [5.74, 6) is 0.0819. The first kappa shape index (κ1) is 15.1. The molecule has 0 radical (unpaired) electrons. The molecule has 1 unspecified atom stereocenters. The minimum absolute atomic E-state index is 0.0179. The second-order valence-corrected chi connectivity index (χ2v) is 6.02. The Bertz CT molecular complexity index is 657. The quantitative estimate of drug-likeness (QED) is 0.909. The number of amides is 1. The van der Waals surface area contributed by atoms with Gasteiger partial charge < -0.3 is 10.6 Å². The molecular weight excluding hydrogens is 296 g/mol. The number of aryl methyl sites for hydroxylation is 1. The molecule has 3 nitrogen and oxygen atoms in total. The maximum absolute atomic E-state index is 12.2. The Balaban J connectivity index is 1.61. The summed E-state index contributed by atoms with van der Waals surface area (Å²) in [6.07, 6.45) is 1.27. The number of carbonyl (C=O) groups is 1. The van der Waals surface area contributed by atoms with Gasteiger partial charge in [-0.2, -0.15) is 0 Å². The summed E-state index contributed by atoms with van der Waals surface area (Å²) in [5.41, 5.74) is 3.51. The number of fused-ring (bicyclic) bond motifs is 1. The first-order valence-corrected chi connectivity index (χ1v) is 7.92. The van der Waals surface area contributed by atoms with Crippen LogP contribution in [0.1, 0.15) is 29.2 Å². The van der Waals surface area contributed by atoms with Gasteiger partial charge in [-0.05, 0) is 35.2 Å². The number of carbonyl (C=O) groups excluding carboxylic acids is 1. The van der Waals surface area contributed by atoms with E-state index < -0.39 is 0 Å². The number of halogens is 1. The molecule has 1 aliphatic rings. The van der Waals surface area contributed by atoms with Gasteiger partial charge in [-0.25, -0.2) is 0 Å². The topological polar surface area (TPSA) is 41.1 Å². The van der Waals surface area contributed by atoms with Gasteiger partial charge in [-0.15, -0.1) is 0 Å². The van der Waals surface area contributed by atoms with Crippen molar-refractivity contribution in [3.05, 3.63) is 70.2 Å². The monoisotopic (exact) mass is 314 g/mol. The van der Waals surface area contributed by atoms with Crippen LogP contribution in [0.25, 0.3) is 0 Å². The van der Waals surface area contributed by atoms with E-state index in [2.05, 4.69) is 10.6 Å². The smallest absolute Gasteiger partial charge is 0.220 e. The molecule has 1 aliphatic heterocycles. The summed E-state index contributed by atoms with van der Waals surface area (Å²) < 4.78 is 0. The van der Waals surface area contributed by atoms with Crippen LogP contribution >= 0.6 is 11.6 Å². The van der Waals surface area contributed by atoms with E-state index in [9.17, 15) is 4.79 Å². The van der Waals surface area contributed by atoms with E-state index in [4.69, 9.17) is 11.6 Å². The van der Waals surface area contributed by atoms with Gasteiger partial charge in [0, 0.05) is 24.5 Å². The van der Waals surface area contributed by atoms with Crippen molar-refractivity contribution < 1.29 is 4.79 Å². The number of nitrogens with one attached hydrogen (secondary N) is 2. The van der Waals surface area contributed by atoms with E-state index in [1.54, 1.807) is 0 Å². The standard InChI is InChI=1S/C18H19ClN2O/c19-15-7-8-16-14(10-15)11-20-12-17(16)21-18(22)9-6-13-4-2-1-3-5-13/h1-5,7-8,10,17,20H,6,9,11-12H2,(H,21,22). The third kappa shape index (κ3) is 3.67. The van der Waals surface area contributed by atoms with Gasteiger partial charge in [-0.1, -0.05) is 48.0 Å². The minimum Gasteiger partial charge on any atom is -0.348 e. The van der Waals surface area contributed by atoms with E-state index in [0.29, 0.717) is 6.42 Å². The molecular formula is C18H19ClN2O. The Labute approximate surface area is 135 Å². The maximum Gasteiger partial charge on any atom is 0.220 e. The highest BCUT2D eigenvalue weighted by Gasteiger charge is 2.21. The number of rotatable bonds is 4. The molecule has 0 aromatic heterocycles. The molecule has 1 heterocycles. The second kappa shape index (κ2) is 6.95. The molecule has 3 rings (SSSR count). The highest BCUT2D eigenvalue weighted by Crippen LogP contribution is 2.25. The lowest BCUT2D eigenvalue weighted by Gasteiger charge is -2.27. The van der Waals surface area contributed by atoms with Crippen molar-refractivity contribution >= 4 is 17.5 Å². The van der Waals surface area contributed by atoms with Crippen LogP contribution in [0.3, 0.4) is 0 Å². The van der Waals surface area contributed by atoms with Crippen molar-refractivity contribution in [3.8, 4) is 0 Å². The number of hydrogen-bond acceptors (Lipinski definition) is 2. The molecule has 0 fully saturated rings. The average molecular weight is 315 g/mol. The molecule has 22 heavy (non-hydrogen) atoms. The normalized spacial score (nSPS) is 16.9. The van der Waals surface area contributed by atoms with E-state index in [1.807, 2.05) is 48.5 Å². The average Bonchev–Trinajstić information content (AvgIpc) is 2.54. The second-order valence-electron chi connectivity index (χ2n) is 5.58. The molecule has 4 heteroatoms. The predicted octanol–water partition coefficient (Wildman–Crippen LogP) is 3.23. The summed E-state index contributed by atoms with van der Waals surface area (Å²) in [5, 5.41) is 7.18. The summed E-state index contributed by atoms with van der Waals surface area (Å²) in [7, 11) is 0. The van der Waals surface area contributed by atoms with E-state index in [-0.39, 0.29) is 11.9 Å². The Kier molecular flexibility index (Phi) is 4.76. The zero-order chi connectivity index (χ0) is 15.4. The minimum atomic E-state index is 0.0179. The Morgan fingerprint density at radius 3 is 2.86 bits per heavy atom. The summed E-state index contributed by atoms with van der Waals surface area (Å²) >= 11 is 6.03. The molecule has 2 aromatic carbocycles. The first-order valence-electron chi connectivity index (χ1n) is 7.55. The molecule has 0 saturated heterocycles. The van der Waals surface area contributed by atoms with Crippen LogP contribution in [-0.2, 0) is 17.8 Å². The fourth-order valence-corrected chi connectivity index (χ4v) is 3.02. The molecule has 1 atom stereocenters. The van der Waals surface area contributed by atoms with Crippen LogP contribution in [0, 0.1) is 0 Å². The van der Waals surface area contributed by atoms with Crippen molar-refractivity contribution in [2.24, 2.45) is 0 Å². The Morgan fingerprint density at radius 1 is 1.23 bits per heavy atom. The van der Waals surface area contributed by atoms with Crippen molar-refractivity contribution in [2.75, 3.05) is 6.54 Å². The highest BCUT2D eigenvalue weighted by molar-refractivity contribution is 6.30. The van der Waals surface area contributed by atoms with Crippen molar-refractivity contribution in [1.29, 1.82) is 0 Å². The lowest BCUT2D eigenvalue weighted by Crippen LogP contribution is -2.39. The van der Waals surface area contributed by atoms with E-state index >= 15 is 0 Å². The van der Waals surface area contributed by atoms with Gasteiger partial charge >= 0.3 is 0 Å². The van der Waals surface area contributed by atoms with Gasteiger partial charge in [-0.3, -0.25) is 4.79 Å². The molecule has 114 valence electrons. The van der Waals surface area contributed by atoms with Gasteiger partial charge in [0.05, 0.1) is 6.04 Å². The van der Waals surface area contributed by atoms with Crippen LogP contribution in [0.4, 0.5) is 0 Å². The first-order chi connectivity index (χ1) is 10.7. The Morgan fingerprint density at radius 2 is 2.05 bits per heavy atom. The van der Waals surface area contributed by atoms with Gasteiger partial charge in [0.2, 0.25) is 5.91 Å². The molecule has 0 spiro atoms. The molecule has 1 amide bonds. The summed E-state index contributed by atoms with van der Waals surface area (Å²) in [4.78, 5) is 12.2. The van der Waals surface area contributed by atoms with Gasteiger partial charge in [0.1, 0.15) is 0 Å². The molecule has 2 aromatic rings.